The van der Waals surface area contributed by atoms with E-state index in [1.165, 1.54) is 6.07 Å². The summed E-state index contributed by atoms with van der Waals surface area (Å²) < 4.78 is 39.9. The fraction of sp³-hybridized carbons (Fsp3) is 0.528. The molecule has 10 heteroatoms. The minimum absolute atomic E-state index is 0.224. The lowest BCUT2D eigenvalue weighted by Crippen LogP contribution is -2.45. The standard InChI is InChI=1S/C36H49FN4O5/c1-9-12-13-26-21-28(37)15-14-27(26)23-43-24-29-22-30-38-25(4)31(32(34(42)44-11-3)46-35(5,6)7)33(41(30)39-29)40-18-16-36(8,17-19-40)45-20-10-2/h9-10,14-15,21-22,32H,1-2,11-13,16-20,23-24H2,3-8H3. The number of anilines is 1. The van der Waals surface area contributed by atoms with Crippen molar-refractivity contribution in [2.24, 2.45) is 0 Å². The molecule has 0 bridgehead atoms. The Morgan fingerprint density at radius 2 is 1.87 bits per heavy atom. The Morgan fingerprint density at radius 3 is 2.52 bits per heavy atom. The number of aromatic nitrogens is 3. The lowest BCUT2D eigenvalue weighted by molar-refractivity contribution is -0.166. The Balaban J connectivity index is 1.71. The number of fused-ring (bicyclic) bond motifs is 1. The van der Waals surface area contributed by atoms with E-state index in [1.807, 2.05) is 39.8 Å². The molecule has 250 valence electrons. The molecule has 1 aromatic carbocycles. The lowest BCUT2D eigenvalue weighted by atomic mass is 9.92. The molecule has 0 N–H and O–H groups in total. The normalized spacial score (nSPS) is 15.6. The SMILES string of the molecule is C=CCCc1cc(F)ccc1COCc1cc2nc(C)c(C(OC(C)(C)C)C(=O)OCC)c(N3CCC(C)(OCC=C)CC3)n2n1. The van der Waals surface area contributed by atoms with Crippen LogP contribution in [0.15, 0.2) is 49.6 Å². The number of esters is 1. The van der Waals surface area contributed by atoms with Crippen LogP contribution >= 0.6 is 0 Å². The number of allylic oxidation sites excluding steroid dienone is 1. The van der Waals surface area contributed by atoms with Crippen molar-refractivity contribution >= 4 is 17.4 Å². The molecule has 0 radical (unpaired) electrons. The molecule has 1 aliphatic rings. The minimum atomic E-state index is -1.01. The summed E-state index contributed by atoms with van der Waals surface area (Å²) in [5.74, 6) is 0.00299. The van der Waals surface area contributed by atoms with Crippen molar-refractivity contribution in [3.63, 3.8) is 0 Å². The van der Waals surface area contributed by atoms with E-state index in [9.17, 15) is 9.18 Å². The third-order valence-electron chi connectivity index (χ3n) is 8.05. The van der Waals surface area contributed by atoms with Crippen molar-refractivity contribution in [3.05, 3.63) is 83.5 Å². The number of carbonyl (C=O) groups excluding carboxylic acids is 1. The number of carbonyl (C=O) groups is 1. The first kappa shape index (κ1) is 35.3. The first-order valence-electron chi connectivity index (χ1n) is 16.1. The highest BCUT2D eigenvalue weighted by Crippen LogP contribution is 2.38. The molecule has 1 aliphatic heterocycles. The zero-order chi connectivity index (χ0) is 33.5. The predicted octanol–water partition coefficient (Wildman–Crippen LogP) is 6.99. The van der Waals surface area contributed by atoms with Gasteiger partial charge in [-0.05, 0) is 90.5 Å². The Labute approximate surface area is 272 Å². The fourth-order valence-corrected chi connectivity index (χ4v) is 5.73. The zero-order valence-corrected chi connectivity index (χ0v) is 28.2. The highest BCUT2D eigenvalue weighted by molar-refractivity contribution is 5.80. The molecular formula is C36H49FN4O5. The van der Waals surface area contributed by atoms with Crippen molar-refractivity contribution in [2.45, 2.75) is 97.7 Å². The van der Waals surface area contributed by atoms with Gasteiger partial charge in [0.1, 0.15) is 11.6 Å². The molecule has 3 heterocycles. The summed E-state index contributed by atoms with van der Waals surface area (Å²) in [5, 5.41) is 4.94. The van der Waals surface area contributed by atoms with Crippen LogP contribution in [0.3, 0.4) is 0 Å². The highest BCUT2D eigenvalue weighted by Gasteiger charge is 2.38. The van der Waals surface area contributed by atoms with Crippen LogP contribution in [0.25, 0.3) is 5.65 Å². The van der Waals surface area contributed by atoms with Crippen LogP contribution in [0.5, 0.6) is 0 Å². The summed E-state index contributed by atoms with van der Waals surface area (Å²) in [6.07, 6.45) is 5.57. The Morgan fingerprint density at radius 1 is 1.13 bits per heavy atom. The number of rotatable bonds is 15. The Hall–Kier alpha value is -3.60. The third-order valence-corrected chi connectivity index (χ3v) is 8.05. The molecule has 2 aromatic heterocycles. The van der Waals surface area contributed by atoms with Gasteiger partial charge in [-0.25, -0.2) is 14.2 Å². The largest absolute Gasteiger partial charge is 0.464 e. The van der Waals surface area contributed by atoms with Crippen molar-refractivity contribution in [1.29, 1.82) is 0 Å². The second kappa shape index (κ2) is 15.3. The second-order valence-electron chi connectivity index (χ2n) is 13.0. The van der Waals surface area contributed by atoms with Gasteiger partial charge in [-0.1, -0.05) is 18.2 Å². The molecule has 1 saturated heterocycles. The monoisotopic (exact) mass is 636 g/mol. The van der Waals surface area contributed by atoms with Crippen molar-refractivity contribution in [2.75, 3.05) is 31.2 Å². The maximum Gasteiger partial charge on any atom is 0.340 e. The van der Waals surface area contributed by atoms with Crippen molar-refractivity contribution in [3.8, 4) is 0 Å². The van der Waals surface area contributed by atoms with Crippen molar-refractivity contribution < 1.29 is 28.1 Å². The summed E-state index contributed by atoms with van der Waals surface area (Å²) >= 11 is 0. The zero-order valence-electron chi connectivity index (χ0n) is 28.2. The van der Waals surface area contributed by atoms with Crippen LogP contribution in [0.2, 0.25) is 0 Å². The van der Waals surface area contributed by atoms with Gasteiger partial charge < -0.3 is 23.8 Å². The van der Waals surface area contributed by atoms with Gasteiger partial charge in [-0.2, -0.15) is 9.61 Å². The van der Waals surface area contributed by atoms with Gasteiger partial charge in [0.25, 0.3) is 0 Å². The van der Waals surface area contributed by atoms with Gasteiger partial charge in [0.15, 0.2) is 11.8 Å². The fourth-order valence-electron chi connectivity index (χ4n) is 5.73. The van der Waals surface area contributed by atoms with E-state index in [1.54, 1.807) is 29.6 Å². The van der Waals surface area contributed by atoms with Crippen LogP contribution < -0.4 is 4.90 Å². The van der Waals surface area contributed by atoms with Crippen LogP contribution in [0, 0.1) is 12.7 Å². The van der Waals surface area contributed by atoms with Gasteiger partial charge in [0.2, 0.25) is 0 Å². The molecule has 1 fully saturated rings. The van der Waals surface area contributed by atoms with E-state index < -0.39 is 17.7 Å². The van der Waals surface area contributed by atoms with Gasteiger partial charge in [0, 0.05) is 24.8 Å². The van der Waals surface area contributed by atoms with E-state index in [0.29, 0.717) is 55.3 Å². The van der Waals surface area contributed by atoms with E-state index in [2.05, 4.69) is 25.0 Å². The molecule has 1 atom stereocenters. The topological polar surface area (TPSA) is 87.4 Å². The summed E-state index contributed by atoms with van der Waals surface area (Å²) in [6, 6.07) is 6.67. The van der Waals surface area contributed by atoms with Gasteiger partial charge in [0.05, 0.1) is 48.9 Å². The molecule has 3 aromatic rings. The number of hydrogen-bond acceptors (Lipinski definition) is 8. The lowest BCUT2D eigenvalue weighted by Gasteiger charge is -2.41. The molecule has 0 amide bonds. The molecule has 0 aliphatic carbocycles. The molecule has 0 spiro atoms. The second-order valence-corrected chi connectivity index (χ2v) is 13.0. The number of nitrogens with zero attached hydrogens (tertiary/aromatic N) is 4. The minimum Gasteiger partial charge on any atom is -0.464 e. The van der Waals surface area contributed by atoms with Gasteiger partial charge >= 0.3 is 5.97 Å². The van der Waals surface area contributed by atoms with Gasteiger partial charge in [-0.3, -0.25) is 0 Å². The number of hydrogen-bond donors (Lipinski definition) is 0. The molecule has 4 rings (SSSR count). The summed E-state index contributed by atoms with van der Waals surface area (Å²) in [6.45, 7) is 21.7. The van der Waals surface area contributed by atoms with Crippen LogP contribution in [0.4, 0.5) is 10.2 Å². The smallest absolute Gasteiger partial charge is 0.340 e. The van der Waals surface area contributed by atoms with Crippen LogP contribution in [-0.2, 0) is 43.4 Å². The number of halogens is 1. The number of ether oxygens (including phenoxy) is 4. The Bertz CT molecular complexity index is 1520. The number of piperidine rings is 1. The molecule has 46 heavy (non-hydrogen) atoms. The van der Waals surface area contributed by atoms with Crippen LogP contribution in [0.1, 0.15) is 88.1 Å². The number of benzene rings is 1. The van der Waals surface area contributed by atoms with E-state index >= 15 is 0 Å². The van der Waals surface area contributed by atoms with Crippen LogP contribution in [-0.4, -0.2) is 58.1 Å². The molecule has 1 unspecified atom stereocenters. The molecule has 0 saturated carbocycles. The molecule has 9 nitrogen and oxygen atoms in total. The summed E-state index contributed by atoms with van der Waals surface area (Å²) in [4.78, 5) is 20.6. The molecular weight excluding hydrogens is 587 g/mol. The predicted molar refractivity (Wildman–Crippen MR) is 177 cm³/mol. The third kappa shape index (κ3) is 8.80. The first-order chi connectivity index (χ1) is 21.9. The highest BCUT2D eigenvalue weighted by atomic mass is 19.1. The van der Waals surface area contributed by atoms with E-state index in [-0.39, 0.29) is 24.6 Å². The number of aryl methyl sites for hydroxylation is 2. The summed E-state index contributed by atoms with van der Waals surface area (Å²) in [5.41, 5.74) is 3.51. The first-order valence-corrected chi connectivity index (χ1v) is 16.1. The average molecular weight is 637 g/mol. The van der Waals surface area contributed by atoms with E-state index in [0.717, 1.165) is 36.2 Å². The quantitative estimate of drug-likeness (QED) is 0.130. The van der Waals surface area contributed by atoms with Gasteiger partial charge in [-0.15, -0.1) is 13.2 Å². The average Bonchev–Trinajstić information content (AvgIpc) is 3.40. The Kier molecular flexibility index (Phi) is 11.7. The maximum absolute atomic E-state index is 13.9. The van der Waals surface area contributed by atoms with E-state index in [4.69, 9.17) is 29.0 Å². The maximum atomic E-state index is 13.9. The summed E-state index contributed by atoms with van der Waals surface area (Å²) in [7, 11) is 0. The van der Waals surface area contributed by atoms with Crippen molar-refractivity contribution in [1.82, 2.24) is 14.6 Å².